The maximum atomic E-state index is 11.5. The summed E-state index contributed by atoms with van der Waals surface area (Å²) in [6, 6.07) is 5.40. The Morgan fingerprint density at radius 2 is 2.05 bits per heavy atom. The fourth-order valence-corrected chi connectivity index (χ4v) is 2.19. The van der Waals surface area contributed by atoms with Gasteiger partial charge in [-0.3, -0.25) is 0 Å². The quantitative estimate of drug-likeness (QED) is 0.821. The topological polar surface area (TPSA) is 68.2 Å². The molecule has 20 heavy (non-hydrogen) atoms. The maximum absolute atomic E-state index is 11.5. The number of benzene rings is 1. The van der Waals surface area contributed by atoms with Crippen molar-refractivity contribution in [2.45, 2.75) is 6.10 Å². The Balaban J connectivity index is 2.30. The number of rotatable bonds is 4. The first kappa shape index (κ1) is 14.6. The number of esters is 1. The molecule has 0 aromatic heterocycles. The monoisotopic (exact) mass is 281 g/mol. The van der Waals surface area contributed by atoms with Crippen molar-refractivity contribution in [1.82, 2.24) is 0 Å². The van der Waals surface area contributed by atoms with Gasteiger partial charge in [0.05, 0.1) is 27.4 Å². The lowest BCUT2D eigenvalue weighted by atomic mass is 10.1. The van der Waals surface area contributed by atoms with Crippen molar-refractivity contribution in [1.29, 1.82) is 0 Å². The zero-order valence-corrected chi connectivity index (χ0v) is 11.7. The van der Waals surface area contributed by atoms with Crippen molar-refractivity contribution < 1.29 is 24.1 Å². The number of hydrogen-bond donors (Lipinski definition) is 1. The van der Waals surface area contributed by atoms with Crippen molar-refractivity contribution in [3.63, 3.8) is 0 Å². The molecule has 1 unspecified atom stereocenters. The van der Waals surface area contributed by atoms with E-state index in [0.29, 0.717) is 24.5 Å². The minimum Gasteiger partial charge on any atom is -0.496 e. The molecule has 0 aliphatic carbocycles. The molecule has 0 amide bonds. The molecule has 1 atom stereocenters. The Bertz CT molecular complexity index is 471. The molecule has 0 spiro atoms. The number of methoxy groups -OCH3 is 2. The number of carbonyl (C=O) groups excluding carboxylic acids is 1. The van der Waals surface area contributed by atoms with Crippen LogP contribution in [-0.4, -0.2) is 51.6 Å². The van der Waals surface area contributed by atoms with Crippen LogP contribution in [0.3, 0.4) is 0 Å². The highest BCUT2D eigenvalue weighted by Crippen LogP contribution is 2.30. The van der Waals surface area contributed by atoms with Gasteiger partial charge in [-0.15, -0.1) is 0 Å². The van der Waals surface area contributed by atoms with Gasteiger partial charge in [-0.1, -0.05) is 0 Å². The molecular formula is C14H19NO5. The van der Waals surface area contributed by atoms with E-state index in [1.54, 1.807) is 12.1 Å². The summed E-state index contributed by atoms with van der Waals surface area (Å²) in [5.74, 6) is -0.248. The van der Waals surface area contributed by atoms with Gasteiger partial charge in [0.2, 0.25) is 0 Å². The van der Waals surface area contributed by atoms with Crippen LogP contribution in [-0.2, 0) is 14.3 Å². The second-order valence-corrected chi connectivity index (χ2v) is 4.45. The van der Waals surface area contributed by atoms with E-state index in [1.165, 1.54) is 14.2 Å². The van der Waals surface area contributed by atoms with Gasteiger partial charge < -0.3 is 24.2 Å². The minimum absolute atomic E-state index is 0.406. The highest BCUT2D eigenvalue weighted by molar-refractivity contribution is 5.78. The SMILES string of the molecule is COC(=O)C(O)c1cc(N2CCOCC2)ccc1OC. The average Bonchev–Trinajstić information content (AvgIpc) is 2.53. The molecule has 2 rings (SSSR count). The Morgan fingerprint density at radius 1 is 1.35 bits per heavy atom. The van der Waals surface area contributed by atoms with E-state index in [2.05, 4.69) is 9.64 Å². The van der Waals surface area contributed by atoms with E-state index in [1.807, 2.05) is 6.07 Å². The summed E-state index contributed by atoms with van der Waals surface area (Å²) in [6.07, 6.45) is -1.35. The lowest BCUT2D eigenvalue weighted by Crippen LogP contribution is -2.36. The van der Waals surface area contributed by atoms with Gasteiger partial charge >= 0.3 is 5.97 Å². The van der Waals surface area contributed by atoms with Crippen molar-refractivity contribution >= 4 is 11.7 Å². The van der Waals surface area contributed by atoms with E-state index in [0.717, 1.165) is 18.8 Å². The van der Waals surface area contributed by atoms with E-state index in [4.69, 9.17) is 9.47 Å². The van der Waals surface area contributed by atoms with Gasteiger partial charge in [-0.05, 0) is 18.2 Å². The van der Waals surface area contributed by atoms with Crippen molar-refractivity contribution in [3.05, 3.63) is 23.8 Å². The largest absolute Gasteiger partial charge is 0.496 e. The number of ether oxygens (including phenoxy) is 3. The van der Waals surface area contributed by atoms with Crippen molar-refractivity contribution in [2.75, 3.05) is 45.4 Å². The lowest BCUT2D eigenvalue weighted by molar-refractivity contribution is -0.150. The number of hydrogen-bond acceptors (Lipinski definition) is 6. The highest BCUT2D eigenvalue weighted by atomic mass is 16.5. The smallest absolute Gasteiger partial charge is 0.339 e. The molecule has 1 fully saturated rings. The predicted octanol–water partition coefficient (Wildman–Crippen LogP) is 0.738. The summed E-state index contributed by atoms with van der Waals surface area (Å²) in [5.41, 5.74) is 1.33. The molecule has 0 bridgehead atoms. The summed E-state index contributed by atoms with van der Waals surface area (Å²) >= 11 is 0. The first-order valence-corrected chi connectivity index (χ1v) is 6.44. The number of aliphatic hydroxyl groups excluding tert-OH is 1. The van der Waals surface area contributed by atoms with Crippen LogP contribution < -0.4 is 9.64 Å². The van der Waals surface area contributed by atoms with Crippen LogP contribution in [0.4, 0.5) is 5.69 Å². The van der Waals surface area contributed by atoms with E-state index in [9.17, 15) is 9.90 Å². The Labute approximate surface area is 117 Å². The molecule has 1 saturated heterocycles. The van der Waals surface area contributed by atoms with Crippen molar-refractivity contribution in [2.24, 2.45) is 0 Å². The fraction of sp³-hybridized carbons (Fsp3) is 0.500. The zero-order valence-electron chi connectivity index (χ0n) is 11.7. The lowest BCUT2D eigenvalue weighted by Gasteiger charge is -2.29. The molecule has 1 N–H and O–H groups in total. The van der Waals surface area contributed by atoms with Crippen LogP contribution in [0.2, 0.25) is 0 Å². The van der Waals surface area contributed by atoms with E-state index < -0.39 is 12.1 Å². The number of aliphatic hydroxyl groups is 1. The zero-order chi connectivity index (χ0) is 14.5. The summed E-state index contributed by atoms with van der Waals surface area (Å²) in [5, 5.41) is 10.0. The van der Waals surface area contributed by atoms with Crippen LogP contribution in [0.25, 0.3) is 0 Å². The number of anilines is 1. The van der Waals surface area contributed by atoms with Crippen LogP contribution in [0.15, 0.2) is 18.2 Å². The predicted molar refractivity (Wildman–Crippen MR) is 73.0 cm³/mol. The van der Waals surface area contributed by atoms with Crippen LogP contribution in [0.5, 0.6) is 5.75 Å². The Kier molecular flexibility index (Phi) is 4.81. The van der Waals surface area contributed by atoms with Crippen molar-refractivity contribution in [3.8, 4) is 5.75 Å². The van der Waals surface area contributed by atoms with Gasteiger partial charge in [0.25, 0.3) is 0 Å². The van der Waals surface area contributed by atoms with Crippen LogP contribution in [0.1, 0.15) is 11.7 Å². The summed E-state index contributed by atoms with van der Waals surface area (Å²) in [6.45, 7) is 2.89. The summed E-state index contributed by atoms with van der Waals surface area (Å²) in [7, 11) is 2.74. The molecule has 0 saturated carbocycles. The summed E-state index contributed by atoms with van der Waals surface area (Å²) < 4.78 is 15.1. The van der Waals surface area contributed by atoms with Gasteiger partial charge in [-0.25, -0.2) is 4.79 Å². The van der Waals surface area contributed by atoms with Gasteiger partial charge in [0.15, 0.2) is 6.10 Å². The van der Waals surface area contributed by atoms with Gasteiger partial charge in [0, 0.05) is 24.3 Å². The normalized spacial score (nSPS) is 16.6. The standard InChI is InChI=1S/C14H19NO5/c1-18-12-4-3-10(15-5-7-20-8-6-15)9-11(12)13(16)14(17)19-2/h3-4,9,13,16H,5-8H2,1-2H3. The minimum atomic E-state index is -1.35. The molecule has 0 radical (unpaired) electrons. The first-order valence-electron chi connectivity index (χ1n) is 6.44. The molecule has 1 aliphatic rings. The van der Waals surface area contributed by atoms with Gasteiger partial charge in [-0.2, -0.15) is 0 Å². The number of nitrogens with zero attached hydrogens (tertiary/aromatic N) is 1. The third kappa shape index (κ3) is 3.02. The second-order valence-electron chi connectivity index (χ2n) is 4.45. The van der Waals surface area contributed by atoms with E-state index in [-0.39, 0.29) is 0 Å². The number of morpholine rings is 1. The summed E-state index contributed by atoms with van der Waals surface area (Å²) in [4.78, 5) is 13.6. The fourth-order valence-electron chi connectivity index (χ4n) is 2.19. The second kappa shape index (κ2) is 6.58. The van der Waals surface area contributed by atoms with Crippen LogP contribution in [0, 0.1) is 0 Å². The van der Waals surface area contributed by atoms with E-state index >= 15 is 0 Å². The molecular weight excluding hydrogens is 262 g/mol. The average molecular weight is 281 g/mol. The molecule has 6 heteroatoms. The maximum Gasteiger partial charge on any atom is 0.339 e. The van der Waals surface area contributed by atoms with Gasteiger partial charge in [0.1, 0.15) is 5.75 Å². The Hall–Kier alpha value is -1.79. The molecule has 1 heterocycles. The first-order chi connectivity index (χ1) is 9.67. The Morgan fingerprint density at radius 3 is 2.65 bits per heavy atom. The highest BCUT2D eigenvalue weighted by Gasteiger charge is 2.23. The number of carbonyl (C=O) groups is 1. The van der Waals surface area contributed by atoms with Crippen LogP contribution >= 0.6 is 0 Å². The molecule has 110 valence electrons. The third-order valence-electron chi connectivity index (χ3n) is 3.31. The molecule has 1 aromatic rings. The third-order valence-corrected chi connectivity index (χ3v) is 3.31. The molecule has 1 aliphatic heterocycles. The molecule has 1 aromatic carbocycles. The molecule has 6 nitrogen and oxygen atoms in total.